The van der Waals surface area contributed by atoms with E-state index in [2.05, 4.69) is 10.3 Å². The van der Waals surface area contributed by atoms with Gasteiger partial charge in [0.25, 0.3) is 5.91 Å². The zero-order valence-electron chi connectivity index (χ0n) is 15.9. The SMILES string of the molecule is N=CN(C=N)c1ccc(C(=O)NC2CCN(c3nccc(C(=N)N)c3O)C2)c(Cl)c1. The molecule has 0 radical (unpaired) electrons. The van der Waals surface area contributed by atoms with Crippen molar-refractivity contribution in [2.24, 2.45) is 5.73 Å². The lowest BCUT2D eigenvalue weighted by atomic mass is 10.1. The van der Waals surface area contributed by atoms with E-state index in [1.54, 1.807) is 12.1 Å². The molecule has 3 rings (SSSR count). The maximum absolute atomic E-state index is 12.7. The van der Waals surface area contributed by atoms with Gasteiger partial charge in [0.15, 0.2) is 11.6 Å². The molecular formula is C19H21ClN8O2. The molecule has 30 heavy (non-hydrogen) atoms. The Bertz CT molecular complexity index is 1000. The summed E-state index contributed by atoms with van der Waals surface area (Å²) in [4.78, 5) is 19.9. The van der Waals surface area contributed by atoms with Crippen LogP contribution in [0, 0.1) is 16.2 Å². The highest BCUT2D eigenvalue weighted by Gasteiger charge is 2.28. The van der Waals surface area contributed by atoms with E-state index in [-0.39, 0.29) is 39.7 Å². The second-order valence-electron chi connectivity index (χ2n) is 6.68. The van der Waals surface area contributed by atoms with Crippen LogP contribution in [0.1, 0.15) is 22.3 Å². The standard InChI is InChI=1S/C19H21ClN8O2/c20-15-7-12(28(9-21)10-22)1-2-13(15)19(30)26-11-4-6-27(8-11)18-16(29)14(17(23)24)3-5-25-18/h1-3,5,7,9-11,21-22,29H,4,6,8H2,(H3,23,24)(H,26,30). The largest absolute Gasteiger partial charge is 0.504 e. The Hall–Kier alpha value is -3.66. The Kier molecular flexibility index (Phi) is 6.17. The third-order valence-corrected chi connectivity index (χ3v) is 5.10. The van der Waals surface area contributed by atoms with Crippen LogP contribution < -0.4 is 20.9 Å². The summed E-state index contributed by atoms with van der Waals surface area (Å²) < 4.78 is 0. The lowest BCUT2D eigenvalue weighted by Crippen LogP contribution is -2.37. The second kappa shape index (κ2) is 8.78. The minimum Gasteiger partial charge on any atom is -0.504 e. The summed E-state index contributed by atoms with van der Waals surface area (Å²) in [5.41, 5.74) is 6.48. The number of nitrogen functional groups attached to an aromatic ring is 1. The van der Waals surface area contributed by atoms with E-state index >= 15 is 0 Å². The molecule has 0 saturated carbocycles. The van der Waals surface area contributed by atoms with Crippen LogP contribution in [0.15, 0.2) is 30.5 Å². The maximum atomic E-state index is 12.7. The summed E-state index contributed by atoms with van der Waals surface area (Å²) in [6, 6.07) is 5.95. The molecule has 7 N–H and O–H groups in total. The molecule has 1 saturated heterocycles. The number of nitrogens with two attached hydrogens (primary N) is 1. The lowest BCUT2D eigenvalue weighted by molar-refractivity contribution is 0.0940. The van der Waals surface area contributed by atoms with E-state index in [0.717, 1.165) is 12.7 Å². The van der Waals surface area contributed by atoms with E-state index < -0.39 is 0 Å². The number of rotatable bonds is 7. The molecule has 2 aromatic rings. The summed E-state index contributed by atoms with van der Waals surface area (Å²) in [6.45, 7) is 0.992. The number of aromatic nitrogens is 1. The molecular weight excluding hydrogens is 408 g/mol. The monoisotopic (exact) mass is 428 g/mol. The third-order valence-electron chi connectivity index (χ3n) is 4.79. The third kappa shape index (κ3) is 4.18. The Labute approximate surface area is 177 Å². The Morgan fingerprint density at radius 1 is 1.33 bits per heavy atom. The normalized spacial score (nSPS) is 15.5. The van der Waals surface area contributed by atoms with Crippen molar-refractivity contribution < 1.29 is 9.90 Å². The van der Waals surface area contributed by atoms with Crippen LogP contribution in [0.4, 0.5) is 11.5 Å². The molecule has 1 aliphatic rings. The van der Waals surface area contributed by atoms with E-state index in [0.29, 0.717) is 31.0 Å². The van der Waals surface area contributed by atoms with Crippen molar-refractivity contribution in [2.75, 3.05) is 22.9 Å². The maximum Gasteiger partial charge on any atom is 0.253 e. The highest BCUT2D eigenvalue weighted by atomic mass is 35.5. The van der Waals surface area contributed by atoms with E-state index in [1.165, 1.54) is 23.2 Å². The van der Waals surface area contributed by atoms with Crippen molar-refractivity contribution in [2.45, 2.75) is 12.5 Å². The number of carbonyl (C=O) groups excluding carboxylic acids is 1. The topological polar surface area (TPSA) is 166 Å². The second-order valence-corrected chi connectivity index (χ2v) is 7.09. The van der Waals surface area contributed by atoms with Gasteiger partial charge in [-0.15, -0.1) is 0 Å². The molecule has 0 aliphatic carbocycles. The fourth-order valence-corrected chi connectivity index (χ4v) is 3.52. The van der Waals surface area contributed by atoms with Crippen LogP contribution in [0.25, 0.3) is 0 Å². The number of pyridine rings is 1. The van der Waals surface area contributed by atoms with Crippen molar-refractivity contribution >= 4 is 47.5 Å². The smallest absolute Gasteiger partial charge is 0.253 e. The summed E-state index contributed by atoms with van der Waals surface area (Å²) in [5, 5.41) is 35.6. The van der Waals surface area contributed by atoms with Crippen molar-refractivity contribution in [3.8, 4) is 5.75 Å². The molecule has 0 spiro atoms. The molecule has 11 heteroatoms. The average molecular weight is 429 g/mol. The quantitative estimate of drug-likeness (QED) is 0.290. The Balaban J connectivity index is 1.70. The molecule has 156 valence electrons. The van der Waals surface area contributed by atoms with Crippen molar-refractivity contribution in [1.82, 2.24) is 10.3 Å². The number of benzene rings is 1. The summed E-state index contributed by atoms with van der Waals surface area (Å²) in [5.74, 6) is -0.426. The van der Waals surface area contributed by atoms with Crippen LogP contribution in [0.5, 0.6) is 5.75 Å². The number of hydrogen-bond acceptors (Lipinski definition) is 7. The van der Waals surface area contributed by atoms with Crippen LogP contribution >= 0.6 is 11.6 Å². The summed E-state index contributed by atoms with van der Waals surface area (Å²) in [6.07, 6.45) is 4.05. The number of nitrogens with one attached hydrogen (secondary N) is 4. The molecule has 2 heterocycles. The van der Waals surface area contributed by atoms with Gasteiger partial charge in [0, 0.05) is 31.0 Å². The minimum absolute atomic E-state index is 0.155. The van der Waals surface area contributed by atoms with E-state index in [4.69, 9.17) is 33.6 Å². The first-order chi connectivity index (χ1) is 14.3. The zero-order chi connectivity index (χ0) is 21.8. The van der Waals surface area contributed by atoms with Crippen molar-refractivity contribution in [3.63, 3.8) is 0 Å². The van der Waals surface area contributed by atoms with Crippen LogP contribution in [0.2, 0.25) is 5.02 Å². The molecule has 10 nitrogen and oxygen atoms in total. The number of aromatic hydroxyl groups is 1. The van der Waals surface area contributed by atoms with Gasteiger partial charge in [-0.25, -0.2) is 4.98 Å². The fourth-order valence-electron chi connectivity index (χ4n) is 3.26. The highest BCUT2D eigenvalue weighted by Crippen LogP contribution is 2.31. The van der Waals surface area contributed by atoms with Gasteiger partial charge in [-0.1, -0.05) is 11.6 Å². The first-order valence-corrected chi connectivity index (χ1v) is 9.40. The fraction of sp³-hybridized carbons (Fsp3) is 0.211. The number of hydrogen-bond donors (Lipinski definition) is 6. The number of amides is 1. The molecule has 1 aromatic heterocycles. The van der Waals surface area contributed by atoms with E-state index in [9.17, 15) is 9.90 Å². The van der Waals surface area contributed by atoms with Crippen molar-refractivity contribution in [1.29, 1.82) is 16.2 Å². The Morgan fingerprint density at radius 2 is 2.07 bits per heavy atom. The van der Waals surface area contributed by atoms with Crippen molar-refractivity contribution in [3.05, 3.63) is 46.6 Å². The summed E-state index contributed by atoms with van der Waals surface area (Å²) in [7, 11) is 0. The highest BCUT2D eigenvalue weighted by molar-refractivity contribution is 6.34. The van der Waals surface area contributed by atoms with Crippen LogP contribution in [0.3, 0.4) is 0 Å². The molecule has 1 amide bonds. The first-order valence-electron chi connectivity index (χ1n) is 9.03. The predicted octanol–water partition coefficient (Wildman–Crippen LogP) is 1.75. The number of nitrogens with zero attached hydrogens (tertiary/aromatic N) is 3. The van der Waals surface area contributed by atoms with Gasteiger partial charge >= 0.3 is 0 Å². The van der Waals surface area contributed by atoms with Gasteiger partial charge in [0.05, 0.1) is 28.8 Å². The van der Waals surface area contributed by atoms with E-state index in [1.807, 2.05) is 4.90 Å². The van der Waals surface area contributed by atoms with Gasteiger partial charge in [-0.3, -0.25) is 25.9 Å². The molecule has 1 fully saturated rings. The zero-order valence-corrected chi connectivity index (χ0v) is 16.6. The first kappa shape index (κ1) is 21.1. The number of anilines is 2. The lowest BCUT2D eigenvalue weighted by Gasteiger charge is -2.20. The van der Waals surface area contributed by atoms with Crippen LogP contribution in [-0.4, -0.2) is 53.6 Å². The molecule has 0 bridgehead atoms. The number of halogens is 1. The van der Waals surface area contributed by atoms with Gasteiger partial charge in [0.1, 0.15) is 5.84 Å². The molecule has 1 unspecified atom stereocenters. The van der Waals surface area contributed by atoms with Gasteiger partial charge in [0.2, 0.25) is 0 Å². The van der Waals surface area contributed by atoms with Gasteiger partial charge in [-0.05, 0) is 30.7 Å². The Morgan fingerprint density at radius 3 is 2.70 bits per heavy atom. The van der Waals surface area contributed by atoms with Gasteiger partial charge < -0.3 is 21.1 Å². The molecule has 1 aromatic carbocycles. The predicted molar refractivity (Wildman–Crippen MR) is 117 cm³/mol. The van der Waals surface area contributed by atoms with Gasteiger partial charge in [-0.2, -0.15) is 0 Å². The molecule has 1 atom stereocenters. The number of amidine groups is 1. The average Bonchev–Trinajstić information content (AvgIpc) is 3.17. The minimum atomic E-state index is -0.343. The molecule has 1 aliphatic heterocycles. The summed E-state index contributed by atoms with van der Waals surface area (Å²) >= 11 is 6.24. The number of carbonyl (C=O) groups is 1. The van der Waals surface area contributed by atoms with Crippen LogP contribution in [-0.2, 0) is 0 Å².